The molecular formula is C10H15ClN2O3S. The van der Waals surface area contributed by atoms with Crippen molar-refractivity contribution in [3.8, 4) is 0 Å². The van der Waals surface area contributed by atoms with Gasteiger partial charge < -0.3 is 4.74 Å². The van der Waals surface area contributed by atoms with Crippen molar-refractivity contribution in [1.82, 2.24) is 9.71 Å². The van der Waals surface area contributed by atoms with Crippen LogP contribution in [-0.4, -0.2) is 32.7 Å². The third-order valence-electron chi connectivity index (χ3n) is 1.94. The van der Waals surface area contributed by atoms with E-state index in [2.05, 4.69) is 9.71 Å². The molecule has 0 aliphatic rings. The standard InChI is InChI=1S/C10H15ClN2O3S/c1-10(2,7-16-3)13-17(14,15)9-6-12-5-4-8(9)11/h4-6,13H,7H2,1-3H3. The zero-order valence-electron chi connectivity index (χ0n) is 9.90. The molecule has 0 amide bonds. The number of nitrogens with one attached hydrogen (secondary N) is 1. The Hall–Kier alpha value is -0.690. The van der Waals surface area contributed by atoms with Crippen molar-refractivity contribution >= 4 is 21.6 Å². The molecule has 0 aliphatic carbocycles. The van der Waals surface area contributed by atoms with E-state index in [9.17, 15) is 8.42 Å². The van der Waals surface area contributed by atoms with E-state index in [1.807, 2.05) is 0 Å². The van der Waals surface area contributed by atoms with Crippen LogP contribution in [0.5, 0.6) is 0 Å². The molecule has 1 aromatic heterocycles. The normalized spacial score (nSPS) is 12.7. The minimum Gasteiger partial charge on any atom is -0.383 e. The Morgan fingerprint density at radius 1 is 1.53 bits per heavy atom. The van der Waals surface area contributed by atoms with E-state index in [-0.39, 0.29) is 16.5 Å². The maximum atomic E-state index is 12.1. The number of aromatic nitrogens is 1. The summed E-state index contributed by atoms with van der Waals surface area (Å²) < 4.78 is 31.6. The summed E-state index contributed by atoms with van der Waals surface area (Å²) in [5.41, 5.74) is -0.716. The third-order valence-corrected chi connectivity index (χ3v) is 4.11. The van der Waals surface area contributed by atoms with Crippen LogP contribution in [0.3, 0.4) is 0 Å². The van der Waals surface area contributed by atoms with Crippen molar-refractivity contribution < 1.29 is 13.2 Å². The predicted molar refractivity (Wildman–Crippen MR) is 65.5 cm³/mol. The quantitative estimate of drug-likeness (QED) is 0.885. The summed E-state index contributed by atoms with van der Waals surface area (Å²) in [4.78, 5) is 3.72. The lowest BCUT2D eigenvalue weighted by molar-refractivity contribution is 0.141. The molecule has 0 radical (unpaired) electrons. The van der Waals surface area contributed by atoms with Gasteiger partial charge in [-0.15, -0.1) is 0 Å². The molecule has 5 nitrogen and oxygen atoms in total. The number of pyridine rings is 1. The number of rotatable bonds is 5. The number of nitrogens with zero attached hydrogens (tertiary/aromatic N) is 1. The van der Waals surface area contributed by atoms with Gasteiger partial charge in [-0.05, 0) is 19.9 Å². The van der Waals surface area contributed by atoms with E-state index in [1.54, 1.807) is 13.8 Å². The first kappa shape index (κ1) is 14.4. The topological polar surface area (TPSA) is 68.3 Å². The van der Waals surface area contributed by atoms with E-state index < -0.39 is 15.6 Å². The van der Waals surface area contributed by atoms with Gasteiger partial charge >= 0.3 is 0 Å². The Labute approximate surface area is 106 Å². The van der Waals surface area contributed by atoms with Gasteiger partial charge in [0.05, 0.1) is 17.2 Å². The summed E-state index contributed by atoms with van der Waals surface area (Å²) >= 11 is 5.82. The maximum Gasteiger partial charge on any atom is 0.244 e. The van der Waals surface area contributed by atoms with Crippen molar-refractivity contribution in [1.29, 1.82) is 0 Å². The largest absolute Gasteiger partial charge is 0.383 e. The van der Waals surface area contributed by atoms with Crippen LogP contribution in [-0.2, 0) is 14.8 Å². The molecule has 0 atom stereocenters. The second kappa shape index (κ2) is 5.30. The van der Waals surface area contributed by atoms with Gasteiger partial charge in [-0.3, -0.25) is 4.98 Å². The maximum absolute atomic E-state index is 12.1. The van der Waals surface area contributed by atoms with Crippen LogP contribution in [0.25, 0.3) is 0 Å². The van der Waals surface area contributed by atoms with Crippen molar-refractivity contribution in [2.75, 3.05) is 13.7 Å². The van der Waals surface area contributed by atoms with Crippen LogP contribution < -0.4 is 4.72 Å². The summed E-state index contributed by atoms with van der Waals surface area (Å²) in [7, 11) is -2.19. The van der Waals surface area contributed by atoms with E-state index in [1.165, 1.54) is 25.6 Å². The molecule has 96 valence electrons. The van der Waals surface area contributed by atoms with Gasteiger partial charge in [0.15, 0.2) is 0 Å². The number of sulfonamides is 1. The average Bonchev–Trinajstić information content (AvgIpc) is 2.15. The highest BCUT2D eigenvalue weighted by atomic mass is 35.5. The first-order chi connectivity index (χ1) is 7.78. The highest BCUT2D eigenvalue weighted by Crippen LogP contribution is 2.20. The molecule has 1 N–H and O–H groups in total. The number of hydrogen-bond donors (Lipinski definition) is 1. The summed E-state index contributed by atoms with van der Waals surface area (Å²) in [6, 6.07) is 1.43. The molecule has 1 aromatic rings. The summed E-state index contributed by atoms with van der Waals surface area (Å²) in [5.74, 6) is 0. The lowest BCUT2D eigenvalue weighted by atomic mass is 10.1. The second-order valence-electron chi connectivity index (χ2n) is 4.23. The minimum atomic E-state index is -3.70. The molecule has 1 rings (SSSR count). The fourth-order valence-electron chi connectivity index (χ4n) is 1.37. The van der Waals surface area contributed by atoms with Crippen LogP contribution in [0.2, 0.25) is 5.02 Å². The van der Waals surface area contributed by atoms with Crippen molar-refractivity contribution in [2.45, 2.75) is 24.3 Å². The highest BCUT2D eigenvalue weighted by molar-refractivity contribution is 7.89. The van der Waals surface area contributed by atoms with Gasteiger partial charge in [-0.25, -0.2) is 13.1 Å². The van der Waals surface area contributed by atoms with Crippen LogP contribution in [0.4, 0.5) is 0 Å². The first-order valence-electron chi connectivity index (χ1n) is 4.91. The predicted octanol–water partition coefficient (Wildman–Crippen LogP) is 1.44. The van der Waals surface area contributed by atoms with E-state index in [0.717, 1.165) is 0 Å². The Bertz CT molecular complexity index is 488. The summed E-state index contributed by atoms with van der Waals surface area (Å²) in [6.45, 7) is 3.70. The molecular weight excluding hydrogens is 264 g/mol. The fourth-order valence-corrected chi connectivity index (χ4v) is 3.20. The molecule has 0 aromatic carbocycles. The van der Waals surface area contributed by atoms with Crippen LogP contribution in [0.1, 0.15) is 13.8 Å². The van der Waals surface area contributed by atoms with Crippen LogP contribution >= 0.6 is 11.6 Å². The molecule has 0 saturated carbocycles. The zero-order valence-corrected chi connectivity index (χ0v) is 11.5. The summed E-state index contributed by atoms with van der Waals surface area (Å²) in [6.07, 6.45) is 2.65. The Balaban J connectivity index is 3.02. The van der Waals surface area contributed by atoms with E-state index in [0.29, 0.717) is 0 Å². The molecule has 17 heavy (non-hydrogen) atoms. The van der Waals surface area contributed by atoms with Gasteiger partial charge in [-0.1, -0.05) is 11.6 Å². The number of methoxy groups -OCH3 is 1. The van der Waals surface area contributed by atoms with Crippen LogP contribution in [0.15, 0.2) is 23.4 Å². The lowest BCUT2D eigenvalue weighted by Gasteiger charge is -2.24. The average molecular weight is 279 g/mol. The molecule has 0 saturated heterocycles. The van der Waals surface area contributed by atoms with Crippen molar-refractivity contribution in [3.05, 3.63) is 23.5 Å². The Morgan fingerprint density at radius 3 is 2.71 bits per heavy atom. The smallest absolute Gasteiger partial charge is 0.244 e. The second-order valence-corrected chi connectivity index (χ2v) is 6.29. The third kappa shape index (κ3) is 3.92. The Kier molecular flexibility index (Phi) is 4.48. The van der Waals surface area contributed by atoms with Gasteiger partial charge in [0.2, 0.25) is 10.0 Å². The van der Waals surface area contributed by atoms with Gasteiger partial charge in [0.25, 0.3) is 0 Å². The molecule has 1 heterocycles. The minimum absolute atomic E-state index is 0.0363. The molecule has 0 unspecified atom stereocenters. The number of ether oxygens (including phenoxy) is 1. The van der Waals surface area contributed by atoms with Crippen LogP contribution in [0, 0.1) is 0 Å². The molecule has 0 aliphatic heterocycles. The molecule has 0 bridgehead atoms. The lowest BCUT2D eigenvalue weighted by Crippen LogP contribution is -2.46. The Morgan fingerprint density at radius 2 is 2.18 bits per heavy atom. The van der Waals surface area contributed by atoms with Gasteiger partial charge in [-0.2, -0.15) is 0 Å². The molecule has 0 spiro atoms. The monoisotopic (exact) mass is 278 g/mol. The number of halogens is 1. The number of hydrogen-bond acceptors (Lipinski definition) is 4. The SMILES string of the molecule is COCC(C)(C)NS(=O)(=O)c1cnccc1Cl. The van der Waals surface area contributed by atoms with Crippen molar-refractivity contribution in [2.24, 2.45) is 0 Å². The fraction of sp³-hybridized carbons (Fsp3) is 0.500. The zero-order chi connectivity index (χ0) is 13.1. The molecule has 7 heteroatoms. The highest BCUT2D eigenvalue weighted by Gasteiger charge is 2.27. The van der Waals surface area contributed by atoms with Gasteiger partial charge in [0.1, 0.15) is 4.90 Å². The van der Waals surface area contributed by atoms with E-state index >= 15 is 0 Å². The first-order valence-corrected chi connectivity index (χ1v) is 6.77. The van der Waals surface area contributed by atoms with Crippen molar-refractivity contribution in [3.63, 3.8) is 0 Å². The molecule has 0 fully saturated rings. The van der Waals surface area contributed by atoms with E-state index in [4.69, 9.17) is 16.3 Å². The summed E-state index contributed by atoms with van der Waals surface area (Å²) in [5, 5.41) is 0.140. The van der Waals surface area contributed by atoms with Gasteiger partial charge in [0, 0.05) is 19.5 Å².